The summed E-state index contributed by atoms with van der Waals surface area (Å²) >= 11 is 0. The van der Waals surface area contributed by atoms with E-state index < -0.39 is 23.9 Å². The Labute approximate surface area is 314 Å². The van der Waals surface area contributed by atoms with Crippen molar-refractivity contribution in [3.63, 3.8) is 0 Å². The van der Waals surface area contributed by atoms with Crippen molar-refractivity contribution in [3.05, 3.63) is 107 Å². The summed E-state index contributed by atoms with van der Waals surface area (Å²) in [5, 5.41) is 34.8. The Kier molecular flexibility index (Phi) is 13.2. The lowest BCUT2D eigenvalue weighted by atomic mass is 10.1. The summed E-state index contributed by atoms with van der Waals surface area (Å²) in [6.45, 7) is -0.0123. The molecule has 0 fully saturated rings. The highest BCUT2D eigenvalue weighted by Crippen LogP contribution is 2.27. The van der Waals surface area contributed by atoms with Crippen LogP contribution >= 0.6 is 0 Å². The van der Waals surface area contributed by atoms with Gasteiger partial charge in [0.05, 0.1) is 51.6 Å². The molecule has 12 N–H and O–H groups in total. The number of carbonyl (C=O) groups excluding carboxylic acids is 4. The van der Waals surface area contributed by atoms with E-state index in [1.165, 1.54) is 36.4 Å². The Morgan fingerprint density at radius 3 is 1.14 bits per heavy atom. The number of rotatable bonds is 15. The van der Waals surface area contributed by atoms with Crippen molar-refractivity contribution >= 4 is 75.8 Å². The molecule has 0 radical (unpaired) electrons. The second-order valence-corrected chi connectivity index (χ2v) is 10.9. The molecule has 4 aromatic carbocycles. The van der Waals surface area contributed by atoms with Gasteiger partial charge in [0.15, 0.2) is 0 Å². The zero-order valence-corrected chi connectivity index (χ0v) is 28.7. The molecule has 0 amide bonds. The Morgan fingerprint density at radius 1 is 0.500 bits per heavy atom. The van der Waals surface area contributed by atoms with Gasteiger partial charge in [-0.15, -0.1) is 0 Å². The van der Waals surface area contributed by atoms with Gasteiger partial charge >= 0.3 is 23.9 Å². The summed E-state index contributed by atoms with van der Waals surface area (Å²) in [7, 11) is 0. The number of aliphatic hydroxyl groups excluding tert-OH is 1. The van der Waals surface area contributed by atoms with Crippen LogP contribution in [0.5, 0.6) is 0 Å². The zero-order valence-electron chi connectivity index (χ0n) is 28.7. The van der Waals surface area contributed by atoms with Crippen molar-refractivity contribution in [2.75, 3.05) is 29.1 Å². The molecule has 0 saturated heterocycles. The fourth-order valence-electron chi connectivity index (χ4n) is 4.53. The summed E-state index contributed by atoms with van der Waals surface area (Å²) < 4.78 is 0. The monoisotopic (exact) mass is 766 g/mol. The predicted molar refractivity (Wildman–Crippen MR) is 194 cm³/mol. The van der Waals surface area contributed by atoms with Gasteiger partial charge in [0.1, 0.15) is 0 Å². The van der Waals surface area contributed by atoms with Crippen LogP contribution in [-0.4, -0.2) is 57.1 Å². The molecule has 23 nitrogen and oxygen atoms in total. The molecule has 286 valence electrons. The van der Waals surface area contributed by atoms with Crippen LogP contribution in [0.1, 0.15) is 41.4 Å². The van der Waals surface area contributed by atoms with Crippen LogP contribution in [0.15, 0.2) is 105 Å². The molecule has 5 rings (SSSR count). The average Bonchev–Trinajstić information content (AvgIpc) is 3.23. The van der Waals surface area contributed by atoms with E-state index in [4.69, 9.17) is 23.6 Å². The molecule has 0 aliphatic carbocycles. The van der Waals surface area contributed by atoms with Crippen LogP contribution in [0, 0.1) is 0 Å². The van der Waals surface area contributed by atoms with Crippen molar-refractivity contribution in [1.82, 2.24) is 15.0 Å². The van der Waals surface area contributed by atoms with Gasteiger partial charge in [-0.3, -0.25) is 0 Å². The van der Waals surface area contributed by atoms with Gasteiger partial charge in [-0.05, 0) is 84.9 Å². The second kappa shape index (κ2) is 18.8. The van der Waals surface area contributed by atoms with Crippen molar-refractivity contribution in [1.29, 1.82) is 0 Å². The average molecular weight is 767 g/mol. The lowest BCUT2D eigenvalue weighted by Crippen LogP contribution is -2.13. The molecule has 0 saturated carbocycles. The summed E-state index contributed by atoms with van der Waals surface area (Å²) in [6.07, 6.45) is 0. The van der Waals surface area contributed by atoms with E-state index in [0.29, 0.717) is 22.7 Å². The molecule has 0 bridgehead atoms. The molecule has 5 aromatic rings. The minimum absolute atomic E-state index is 0.0746. The third-order valence-electron chi connectivity index (χ3n) is 7.05. The van der Waals surface area contributed by atoms with Crippen molar-refractivity contribution < 1.29 is 43.6 Å². The molecule has 0 aliphatic heterocycles. The molecular formula is C33H30N14O9. The molecular weight excluding hydrogens is 736 g/mol. The normalized spacial score (nSPS) is 10.9. The van der Waals surface area contributed by atoms with Gasteiger partial charge in [0, 0.05) is 17.9 Å². The standard InChI is InChI=1S/C33H30N14O9/c34-53-27(49)17-11-18(28(50)54-35)14-25(13-17)46-44-23-5-1-21(2-6-23)39-32-41-31(38-9-10-48)42-33(43-32)40-22-3-7-24(8-4-22)45-47-26-15-19(29(51)55-36)12-20(16-26)30(52)56-37/h1-8,11-16,48H,9-10,34-37H2,(H3,38,39,40,41,42,43). The van der Waals surface area contributed by atoms with Crippen molar-refractivity contribution in [2.24, 2.45) is 44.0 Å². The fraction of sp³-hybridized carbons (Fsp3) is 0.0606. The fourth-order valence-corrected chi connectivity index (χ4v) is 4.53. The van der Waals surface area contributed by atoms with E-state index in [1.54, 1.807) is 48.5 Å². The Morgan fingerprint density at radius 2 is 0.821 bits per heavy atom. The largest absolute Gasteiger partial charge is 0.395 e. The third kappa shape index (κ3) is 10.6. The smallest absolute Gasteiger partial charge is 0.356 e. The van der Waals surface area contributed by atoms with E-state index in [2.05, 4.69) is 70.7 Å². The van der Waals surface area contributed by atoms with E-state index >= 15 is 0 Å². The van der Waals surface area contributed by atoms with E-state index in [0.717, 1.165) is 0 Å². The summed E-state index contributed by atoms with van der Waals surface area (Å²) in [4.78, 5) is 77.8. The van der Waals surface area contributed by atoms with E-state index in [1.807, 2.05) is 0 Å². The number of aromatic nitrogens is 3. The number of benzene rings is 4. The molecule has 1 heterocycles. The number of aliphatic hydroxyl groups is 1. The number of azo groups is 2. The minimum Gasteiger partial charge on any atom is -0.395 e. The highest BCUT2D eigenvalue weighted by atomic mass is 16.7. The van der Waals surface area contributed by atoms with E-state index in [9.17, 15) is 24.3 Å². The lowest BCUT2D eigenvalue weighted by molar-refractivity contribution is 0.0484. The first-order valence-corrected chi connectivity index (χ1v) is 15.7. The van der Waals surface area contributed by atoms with Gasteiger partial charge in [-0.1, -0.05) is 0 Å². The Balaban J connectivity index is 1.29. The van der Waals surface area contributed by atoms with Gasteiger partial charge in [0.2, 0.25) is 17.8 Å². The van der Waals surface area contributed by atoms with Gasteiger partial charge in [-0.25, -0.2) is 19.2 Å². The van der Waals surface area contributed by atoms with Gasteiger partial charge in [-0.2, -0.15) is 59.0 Å². The first-order chi connectivity index (χ1) is 27.1. The molecule has 0 spiro atoms. The number of nitrogens with one attached hydrogen (secondary N) is 3. The van der Waals surface area contributed by atoms with Crippen LogP contribution in [0.4, 0.5) is 52.0 Å². The van der Waals surface area contributed by atoms with Crippen LogP contribution in [-0.2, 0) is 19.4 Å². The van der Waals surface area contributed by atoms with Gasteiger partial charge in [0.25, 0.3) is 0 Å². The topological polar surface area (TPSA) is 354 Å². The summed E-state index contributed by atoms with van der Waals surface area (Å²) in [5.41, 5.74) is 1.86. The first kappa shape index (κ1) is 39.4. The number of hydrogen-bond donors (Lipinski definition) is 8. The zero-order chi connectivity index (χ0) is 40.0. The van der Waals surface area contributed by atoms with Crippen LogP contribution in [0.25, 0.3) is 0 Å². The van der Waals surface area contributed by atoms with Crippen molar-refractivity contribution in [2.45, 2.75) is 0 Å². The number of carbonyl (C=O) groups is 4. The second-order valence-electron chi connectivity index (χ2n) is 10.9. The highest BCUT2D eigenvalue weighted by molar-refractivity contribution is 5.97. The Bertz CT molecular complexity index is 2070. The van der Waals surface area contributed by atoms with Gasteiger partial charge < -0.3 is 40.4 Å². The van der Waals surface area contributed by atoms with Crippen LogP contribution < -0.4 is 39.5 Å². The first-order valence-electron chi connectivity index (χ1n) is 15.7. The molecule has 56 heavy (non-hydrogen) atoms. The maximum atomic E-state index is 11.9. The SMILES string of the molecule is NOC(=O)c1cc(N=Nc2ccc(Nc3nc(NCCO)nc(Nc4ccc(N=Nc5cc(C(=O)ON)cc(C(=O)ON)c5)cc4)n3)cc2)cc(C(=O)ON)c1. The number of nitrogens with two attached hydrogens (primary N) is 4. The molecule has 0 aliphatic rings. The number of anilines is 5. The number of hydrogen-bond acceptors (Lipinski definition) is 23. The quantitative estimate of drug-likeness (QED) is 0.0555. The van der Waals surface area contributed by atoms with E-state index in [-0.39, 0.29) is 64.6 Å². The maximum absolute atomic E-state index is 11.9. The molecule has 0 unspecified atom stereocenters. The number of nitrogens with zero attached hydrogens (tertiary/aromatic N) is 7. The molecule has 1 aromatic heterocycles. The summed E-state index contributed by atoms with van der Waals surface area (Å²) in [6, 6.07) is 20.8. The predicted octanol–water partition coefficient (Wildman–Crippen LogP) is 3.72. The minimum atomic E-state index is -0.916. The van der Waals surface area contributed by atoms with Crippen LogP contribution in [0.3, 0.4) is 0 Å². The van der Waals surface area contributed by atoms with Crippen LogP contribution in [0.2, 0.25) is 0 Å². The molecule has 23 heteroatoms. The maximum Gasteiger partial charge on any atom is 0.356 e. The lowest BCUT2D eigenvalue weighted by Gasteiger charge is -2.11. The Hall–Kier alpha value is -7.83. The molecule has 0 atom stereocenters. The highest BCUT2D eigenvalue weighted by Gasteiger charge is 2.16. The van der Waals surface area contributed by atoms with Crippen molar-refractivity contribution in [3.8, 4) is 0 Å². The summed E-state index contributed by atoms with van der Waals surface area (Å²) in [5.74, 6) is 16.6. The third-order valence-corrected chi connectivity index (χ3v) is 7.05.